The molecular weight excluding hydrogens is 502 g/mol. The highest BCUT2D eigenvalue weighted by molar-refractivity contribution is 7.99. The van der Waals surface area contributed by atoms with E-state index in [-0.39, 0.29) is 11.5 Å². The Bertz CT molecular complexity index is 1130. The first-order chi connectivity index (χ1) is 18.1. The van der Waals surface area contributed by atoms with Crippen LogP contribution in [0.3, 0.4) is 0 Å². The first kappa shape index (κ1) is 29.3. The van der Waals surface area contributed by atoms with Crippen molar-refractivity contribution in [2.24, 2.45) is 0 Å². The van der Waals surface area contributed by atoms with Crippen LogP contribution >= 0.6 is 23.3 Å². The van der Waals surface area contributed by atoms with Gasteiger partial charge in [0.1, 0.15) is 5.03 Å². The third-order valence-corrected chi connectivity index (χ3v) is 8.26. The Kier molecular flexibility index (Phi) is 12.0. The largest absolute Gasteiger partial charge is 0.344 e. The van der Waals surface area contributed by atoms with Crippen LogP contribution in [0.5, 0.6) is 0 Å². The van der Waals surface area contributed by atoms with E-state index in [1.807, 2.05) is 51.2 Å². The van der Waals surface area contributed by atoms with Gasteiger partial charge in [0, 0.05) is 68.7 Å². The summed E-state index contributed by atoms with van der Waals surface area (Å²) in [6.45, 7) is 14.4. The van der Waals surface area contributed by atoms with E-state index in [1.54, 1.807) is 22.7 Å². The summed E-state index contributed by atoms with van der Waals surface area (Å²) < 4.78 is 6.35. The van der Waals surface area contributed by atoms with Crippen molar-refractivity contribution in [3.05, 3.63) is 52.6 Å². The van der Waals surface area contributed by atoms with E-state index in [2.05, 4.69) is 38.3 Å². The van der Waals surface area contributed by atoms with Crippen molar-refractivity contribution in [3.63, 3.8) is 0 Å². The number of rotatable bonds is 11. The van der Waals surface area contributed by atoms with Crippen LogP contribution in [0.25, 0.3) is 11.4 Å². The lowest BCUT2D eigenvalue weighted by molar-refractivity contribution is 0.246. The van der Waals surface area contributed by atoms with Crippen LogP contribution < -0.4 is 15.8 Å². The molecule has 0 saturated carbocycles. The Morgan fingerprint density at radius 3 is 2.51 bits per heavy atom. The van der Waals surface area contributed by atoms with Crippen LogP contribution in [0.1, 0.15) is 45.6 Å². The first-order valence-electron chi connectivity index (χ1n) is 13.3. The van der Waals surface area contributed by atoms with Gasteiger partial charge in [-0.25, -0.2) is 4.98 Å². The predicted molar refractivity (Wildman–Crippen MR) is 157 cm³/mol. The molecule has 1 aromatic carbocycles. The monoisotopic (exact) mass is 543 g/mol. The first-order valence-corrected chi connectivity index (χ1v) is 15.1. The van der Waals surface area contributed by atoms with Gasteiger partial charge in [0.2, 0.25) is 5.13 Å². The molecule has 37 heavy (non-hydrogen) atoms. The normalized spacial score (nSPS) is 14.8. The van der Waals surface area contributed by atoms with Gasteiger partial charge in [-0.05, 0) is 19.4 Å². The maximum atomic E-state index is 13.3. The van der Waals surface area contributed by atoms with E-state index in [9.17, 15) is 4.79 Å². The maximum absolute atomic E-state index is 13.3. The van der Waals surface area contributed by atoms with Gasteiger partial charge in [-0.15, -0.1) is 11.8 Å². The Hall–Kier alpha value is -2.27. The standard InChI is InChI=1S/C25H35N7OS2.C2H6/c1-4-19(2)21-23(34-17-10-26-3)27-18-32(24(21)33)16-13-30-11-14-31(15-12-30)25-28-22(29-35-25)20-8-6-5-7-9-20;1-2/h5-9,18-19,26H,4,10-17H2,1-3H3;1-2H3. The number of hydrogen-bond acceptors (Lipinski definition) is 9. The number of benzene rings is 1. The molecule has 8 nitrogen and oxygen atoms in total. The summed E-state index contributed by atoms with van der Waals surface area (Å²) >= 11 is 3.14. The molecule has 3 heterocycles. The fraction of sp³-hybridized carbons (Fsp3) is 0.556. The van der Waals surface area contributed by atoms with Crippen molar-refractivity contribution in [1.29, 1.82) is 0 Å². The fourth-order valence-corrected chi connectivity index (χ4v) is 5.91. The Morgan fingerprint density at radius 1 is 1.11 bits per heavy atom. The number of nitrogens with zero attached hydrogens (tertiary/aromatic N) is 6. The van der Waals surface area contributed by atoms with Crippen LogP contribution in [-0.2, 0) is 6.54 Å². The Morgan fingerprint density at radius 2 is 1.84 bits per heavy atom. The number of hydrogen-bond donors (Lipinski definition) is 1. The molecule has 1 saturated heterocycles. The Labute approximate surface area is 229 Å². The molecule has 4 rings (SSSR count). The average molecular weight is 544 g/mol. The number of nitrogens with one attached hydrogen (secondary N) is 1. The van der Waals surface area contributed by atoms with Crippen LogP contribution in [0.4, 0.5) is 5.13 Å². The zero-order valence-corrected chi connectivity index (χ0v) is 24.4. The van der Waals surface area contributed by atoms with Gasteiger partial charge in [-0.3, -0.25) is 14.3 Å². The van der Waals surface area contributed by atoms with E-state index >= 15 is 0 Å². The van der Waals surface area contributed by atoms with Gasteiger partial charge in [0.25, 0.3) is 5.56 Å². The lowest BCUT2D eigenvalue weighted by Crippen LogP contribution is -2.47. The zero-order chi connectivity index (χ0) is 26.6. The minimum absolute atomic E-state index is 0.113. The highest BCUT2D eigenvalue weighted by Crippen LogP contribution is 2.26. The number of aromatic nitrogens is 4. The number of piperazine rings is 1. The molecule has 1 aliphatic rings. The quantitative estimate of drug-likeness (QED) is 0.216. The molecule has 0 bridgehead atoms. The molecule has 1 unspecified atom stereocenters. The maximum Gasteiger partial charge on any atom is 0.257 e. The number of anilines is 1. The van der Waals surface area contributed by atoms with Crippen LogP contribution in [0.15, 0.2) is 46.5 Å². The van der Waals surface area contributed by atoms with Crippen LogP contribution in [0.2, 0.25) is 0 Å². The molecule has 0 aliphatic carbocycles. The molecule has 1 fully saturated rings. The molecule has 0 spiro atoms. The molecule has 3 aromatic rings. The van der Waals surface area contributed by atoms with Gasteiger partial charge in [0.15, 0.2) is 5.82 Å². The summed E-state index contributed by atoms with van der Waals surface area (Å²) in [5.74, 6) is 1.91. The molecule has 1 aliphatic heterocycles. The van der Waals surface area contributed by atoms with Gasteiger partial charge in [0.05, 0.1) is 11.9 Å². The summed E-state index contributed by atoms with van der Waals surface area (Å²) in [7, 11) is 1.94. The molecule has 1 atom stereocenters. The lowest BCUT2D eigenvalue weighted by Gasteiger charge is -2.34. The number of thioether (sulfide) groups is 1. The smallest absolute Gasteiger partial charge is 0.257 e. The van der Waals surface area contributed by atoms with Crippen molar-refractivity contribution in [3.8, 4) is 11.4 Å². The second-order valence-electron chi connectivity index (χ2n) is 8.82. The third kappa shape index (κ3) is 7.86. The summed E-state index contributed by atoms with van der Waals surface area (Å²) in [5.41, 5.74) is 2.03. The van der Waals surface area contributed by atoms with Crippen molar-refractivity contribution in [1.82, 2.24) is 29.1 Å². The molecular formula is C27H41N7OS2. The molecule has 10 heteroatoms. The predicted octanol–water partition coefficient (Wildman–Crippen LogP) is 4.44. The van der Waals surface area contributed by atoms with Gasteiger partial charge in [-0.1, -0.05) is 58.0 Å². The van der Waals surface area contributed by atoms with Gasteiger partial charge in [-0.2, -0.15) is 9.36 Å². The molecule has 2 aromatic heterocycles. The second-order valence-corrected chi connectivity index (χ2v) is 10.6. The van der Waals surface area contributed by atoms with Gasteiger partial charge < -0.3 is 10.2 Å². The highest BCUT2D eigenvalue weighted by Gasteiger charge is 2.21. The summed E-state index contributed by atoms with van der Waals surface area (Å²) in [5, 5.41) is 5.02. The van der Waals surface area contributed by atoms with Crippen molar-refractivity contribution in [2.45, 2.75) is 51.6 Å². The summed E-state index contributed by atoms with van der Waals surface area (Å²) in [4.78, 5) is 27.5. The molecule has 0 radical (unpaired) electrons. The molecule has 1 N–H and O–H groups in total. The zero-order valence-electron chi connectivity index (χ0n) is 22.8. The van der Waals surface area contributed by atoms with E-state index in [0.29, 0.717) is 6.54 Å². The minimum atomic E-state index is 0.113. The average Bonchev–Trinajstić information content (AvgIpc) is 3.45. The van der Waals surface area contributed by atoms with E-state index < -0.39 is 0 Å². The Balaban J connectivity index is 0.00000186. The van der Waals surface area contributed by atoms with E-state index in [4.69, 9.17) is 4.98 Å². The lowest BCUT2D eigenvalue weighted by atomic mass is 10.0. The fourth-order valence-electron chi connectivity index (χ4n) is 4.10. The van der Waals surface area contributed by atoms with E-state index in [0.717, 1.165) is 78.6 Å². The van der Waals surface area contributed by atoms with E-state index in [1.165, 1.54) is 11.5 Å². The van der Waals surface area contributed by atoms with Crippen molar-refractivity contribution >= 4 is 28.4 Å². The van der Waals surface area contributed by atoms with Crippen LogP contribution in [-0.4, -0.2) is 75.9 Å². The summed E-state index contributed by atoms with van der Waals surface area (Å²) in [6.07, 6.45) is 2.67. The third-order valence-electron chi connectivity index (χ3n) is 6.48. The molecule has 0 amide bonds. The topological polar surface area (TPSA) is 79.2 Å². The van der Waals surface area contributed by atoms with Crippen LogP contribution in [0, 0.1) is 0 Å². The van der Waals surface area contributed by atoms with Crippen molar-refractivity contribution < 1.29 is 0 Å². The molecule has 202 valence electrons. The SMILES string of the molecule is CC.CCC(C)c1c(SCCNC)ncn(CCN2CCN(c3nc(-c4ccccc4)ns3)CC2)c1=O. The van der Waals surface area contributed by atoms with Gasteiger partial charge >= 0.3 is 0 Å². The summed E-state index contributed by atoms with van der Waals surface area (Å²) in [6, 6.07) is 10.1. The van der Waals surface area contributed by atoms with Crippen molar-refractivity contribution in [2.75, 3.05) is 57.0 Å². The minimum Gasteiger partial charge on any atom is -0.344 e. The second kappa shape index (κ2) is 15.2. The highest BCUT2D eigenvalue weighted by atomic mass is 32.2.